The molecule has 3 nitrogen and oxygen atoms in total. The zero-order valence-corrected chi connectivity index (χ0v) is 11.4. The van der Waals surface area contributed by atoms with Gasteiger partial charge in [-0.15, -0.1) is 0 Å². The number of likely N-dealkylation sites (tertiary alicyclic amines) is 1. The Morgan fingerprint density at radius 2 is 2.00 bits per heavy atom. The monoisotopic (exact) mass is 239 g/mol. The van der Waals surface area contributed by atoms with Crippen molar-refractivity contribution in [2.75, 3.05) is 6.54 Å². The number of nitrogens with zero attached hydrogens (tertiary/aromatic N) is 1. The minimum atomic E-state index is -0.330. The smallest absolute Gasteiger partial charge is 0.410 e. The summed E-state index contributed by atoms with van der Waals surface area (Å²) in [5, 5.41) is 0. The minimum absolute atomic E-state index is 0.0914. The summed E-state index contributed by atoms with van der Waals surface area (Å²) in [5.41, 5.74) is -0.330. The number of hydrogen-bond donors (Lipinski definition) is 0. The van der Waals surface area contributed by atoms with Gasteiger partial charge in [0.15, 0.2) is 0 Å². The third-order valence-electron chi connectivity index (χ3n) is 4.46. The molecule has 2 fully saturated rings. The first-order chi connectivity index (χ1) is 8.03. The lowest BCUT2D eigenvalue weighted by Gasteiger charge is -2.33. The van der Waals surface area contributed by atoms with Gasteiger partial charge >= 0.3 is 6.09 Å². The quantitative estimate of drug-likeness (QED) is 0.737. The van der Waals surface area contributed by atoms with E-state index < -0.39 is 0 Å². The van der Waals surface area contributed by atoms with E-state index in [1.165, 1.54) is 32.1 Å². The Labute approximate surface area is 105 Å². The van der Waals surface area contributed by atoms with E-state index in [9.17, 15) is 4.79 Å². The molecule has 0 aromatic rings. The average Bonchev–Trinajstić information content (AvgIpc) is 2.72. The van der Waals surface area contributed by atoms with Gasteiger partial charge in [0, 0.05) is 12.6 Å². The van der Waals surface area contributed by atoms with Crippen LogP contribution in [0.2, 0.25) is 0 Å². The van der Waals surface area contributed by atoms with Crippen LogP contribution in [0, 0.1) is 5.92 Å². The molecule has 0 N–H and O–H groups in total. The third kappa shape index (κ3) is 2.75. The highest BCUT2D eigenvalue weighted by Crippen LogP contribution is 2.36. The molecule has 0 bridgehead atoms. The highest BCUT2D eigenvalue weighted by molar-refractivity contribution is 5.69. The van der Waals surface area contributed by atoms with Crippen LogP contribution in [0.1, 0.15) is 59.3 Å². The van der Waals surface area contributed by atoms with Crippen molar-refractivity contribution in [1.82, 2.24) is 4.90 Å². The summed E-state index contributed by atoms with van der Waals surface area (Å²) in [7, 11) is 0. The Morgan fingerprint density at radius 3 is 2.71 bits per heavy atom. The second-order valence-corrected chi connectivity index (χ2v) is 6.08. The molecule has 1 aliphatic heterocycles. The van der Waals surface area contributed by atoms with Crippen LogP contribution < -0.4 is 0 Å². The third-order valence-corrected chi connectivity index (χ3v) is 4.46. The number of amides is 1. The first kappa shape index (κ1) is 12.7. The van der Waals surface area contributed by atoms with Gasteiger partial charge in [-0.3, -0.25) is 0 Å². The Kier molecular flexibility index (Phi) is 3.64. The van der Waals surface area contributed by atoms with Crippen molar-refractivity contribution in [3.63, 3.8) is 0 Å². The van der Waals surface area contributed by atoms with E-state index >= 15 is 0 Å². The van der Waals surface area contributed by atoms with Crippen molar-refractivity contribution < 1.29 is 9.53 Å². The number of carbonyl (C=O) groups excluding carboxylic acids is 1. The molecule has 3 heteroatoms. The second kappa shape index (κ2) is 4.87. The highest BCUT2D eigenvalue weighted by atomic mass is 16.6. The largest absolute Gasteiger partial charge is 0.443 e. The fourth-order valence-electron chi connectivity index (χ4n) is 3.00. The molecular weight excluding hydrogens is 214 g/mol. The lowest BCUT2D eigenvalue weighted by atomic mass is 9.85. The topological polar surface area (TPSA) is 29.5 Å². The summed E-state index contributed by atoms with van der Waals surface area (Å²) in [6, 6.07) is 0.462. The average molecular weight is 239 g/mol. The van der Waals surface area contributed by atoms with Crippen LogP contribution in [0.4, 0.5) is 4.79 Å². The summed E-state index contributed by atoms with van der Waals surface area (Å²) in [6.07, 6.45) is 7.02. The maximum atomic E-state index is 12.2. The summed E-state index contributed by atoms with van der Waals surface area (Å²) in [4.78, 5) is 14.2. The molecule has 1 saturated heterocycles. The normalized spacial score (nSPS) is 29.0. The molecule has 0 spiro atoms. The van der Waals surface area contributed by atoms with Gasteiger partial charge in [-0.05, 0) is 45.4 Å². The number of rotatable bonds is 2. The molecule has 2 atom stereocenters. The number of carbonyl (C=O) groups is 1. The van der Waals surface area contributed by atoms with Crippen molar-refractivity contribution >= 4 is 6.09 Å². The van der Waals surface area contributed by atoms with Crippen LogP contribution in [-0.4, -0.2) is 29.2 Å². The SMILES string of the molecule is CCC(C)(C)OC(=O)N1CCC2CCCCC21. The number of ether oxygens (including phenoxy) is 1. The van der Waals surface area contributed by atoms with Crippen LogP contribution >= 0.6 is 0 Å². The molecule has 0 radical (unpaired) electrons. The molecular formula is C14H25NO2. The molecule has 2 rings (SSSR count). The van der Waals surface area contributed by atoms with Crippen molar-refractivity contribution in [1.29, 1.82) is 0 Å². The first-order valence-electron chi connectivity index (χ1n) is 7.03. The van der Waals surface area contributed by atoms with Crippen LogP contribution in [0.25, 0.3) is 0 Å². The van der Waals surface area contributed by atoms with Crippen molar-refractivity contribution in [2.24, 2.45) is 5.92 Å². The van der Waals surface area contributed by atoms with Crippen LogP contribution in [0.3, 0.4) is 0 Å². The van der Waals surface area contributed by atoms with Crippen molar-refractivity contribution in [3.05, 3.63) is 0 Å². The maximum Gasteiger partial charge on any atom is 0.410 e. The Hall–Kier alpha value is -0.730. The van der Waals surface area contributed by atoms with E-state index in [1.54, 1.807) is 0 Å². The van der Waals surface area contributed by atoms with E-state index in [2.05, 4.69) is 6.92 Å². The molecule has 2 unspecified atom stereocenters. The zero-order chi connectivity index (χ0) is 12.5. The molecule has 98 valence electrons. The van der Waals surface area contributed by atoms with Gasteiger partial charge in [0.25, 0.3) is 0 Å². The van der Waals surface area contributed by atoms with E-state index in [1.807, 2.05) is 18.7 Å². The standard InChI is InChI=1S/C14H25NO2/c1-4-14(2,3)17-13(16)15-10-9-11-7-5-6-8-12(11)15/h11-12H,4-10H2,1-3H3. The summed E-state index contributed by atoms with van der Waals surface area (Å²) in [5.74, 6) is 0.737. The molecule has 0 aromatic carbocycles. The molecule has 17 heavy (non-hydrogen) atoms. The maximum absolute atomic E-state index is 12.2. The van der Waals surface area contributed by atoms with Gasteiger partial charge < -0.3 is 9.64 Å². The van der Waals surface area contributed by atoms with Gasteiger partial charge in [-0.1, -0.05) is 19.8 Å². The number of fused-ring (bicyclic) bond motifs is 1. The molecule has 1 amide bonds. The Bertz CT molecular complexity index is 288. The molecule has 1 heterocycles. The summed E-state index contributed by atoms with van der Waals surface area (Å²) in [6.45, 7) is 6.92. The zero-order valence-electron chi connectivity index (χ0n) is 11.4. The van der Waals surface area contributed by atoms with E-state index in [0.29, 0.717) is 6.04 Å². The van der Waals surface area contributed by atoms with E-state index in [-0.39, 0.29) is 11.7 Å². The van der Waals surface area contributed by atoms with Gasteiger partial charge in [-0.25, -0.2) is 4.79 Å². The molecule has 1 saturated carbocycles. The summed E-state index contributed by atoms with van der Waals surface area (Å²) < 4.78 is 5.61. The van der Waals surface area contributed by atoms with Crippen LogP contribution in [-0.2, 0) is 4.74 Å². The van der Waals surface area contributed by atoms with Crippen molar-refractivity contribution in [2.45, 2.75) is 70.9 Å². The molecule has 2 aliphatic rings. The van der Waals surface area contributed by atoms with Crippen LogP contribution in [0.5, 0.6) is 0 Å². The van der Waals surface area contributed by atoms with Gasteiger partial charge in [0.1, 0.15) is 5.60 Å². The Balaban J connectivity index is 1.96. The fourth-order valence-corrected chi connectivity index (χ4v) is 3.00. The fraction of sp³-hybridized carbons (Fsp3) is 0.929. The molecule has 1 aliphatic carbocycles. The lowest BCUT2D eigenvalue weighted by Crippen LogP contribution is -2.42. The first-order valence-corrected chi connectivity index (χ1v) is 7.03. The molecule has 0 aromatic heterocycles. The second-order valence-electron chi connectivity index (χ2n) is 6.08. The predicted octanol–water partition coefficient (Wildman–Crippen LogP) is 3.58. The van der Waals surface area contributed by atoms with Gasteiger partial charge in [-0.2, -0.15) is 0 Å². The minimum Gasteiger partial charge on any atom is -0.443 e. The Morgan fingerprint density at radius 1 is 1.29 bits per heavy atom. The van der Waals surface area contributed by atoms with Crippen molar-refractivity contribution in [3.8, 4) is 0 Å². The lowest BCUT2D eigenvalue weighted by molar-refractivity contribution is 0.00557. The van der Waals surface area contributed by atoms with Gasteiger partial charge in [0.05, 0.1) is 0 Å². The van der Waals surface area contributed by atoms with Crippen LogP contribution in [0.15, 0.2) is 0 Å². The predicted molar refractivity (Wildman–Crippen MR) is 67.9 cm³/mol. The number of hydrogen-bond acceptors (Lipinski definition) is 2. The van der Waals surface area contributed by atoms with E-state index in [4.69, 9.17) is 4.74 Å². The highest BCUT2D eigenvalue weighted by Gasteiger charge is 2.40. The summed E-state index contributed by atoms with van der Waals surface area (Å²) >= 11 is 0. The van der Waals surface area contributed by atoms with E-state index in [0.717, 1.165) is 18.9 Å². The van der Waals surface area contributed by atoms with Gasteiger partial charge in [0.2, 0.25) is 0 Å².